The Kier molecular flexibility index (Phi) is 9.09. The van der Waals surface area contributed by atoms with E-state index >= 15 is 0 Å². The Morgan fingerprint density at radius 1 is 1.36 bits per heavy atom. The van der Waals surface area contributed by atoms with Crippen LogP contribution in [0.5, 0.6) is 5.75 Å². The third-order valence-electron chi connectivity index (χ3n) is 3.23. The van der Waals surface area contributed by atoms with Crippen LogP contribution >= 0.6 is 11.6 Å². The second-order valence-corrected chi connectivity index (χ2v) is 5.53. The van der Waals surface area contributed by atoms with Crippen molar-refractivity contribution in [3.63, 3.8) is 0 Å². The number of nitrogens with one attached hydrogen (secondary N) is 1. The van der Waals surface area contributed by atoms with Crippen LogP contribution in [0.15, 0.2) is 18.2 Å². The average molecular weight is 323 g/mol. The molecule has 0 bridgehead atoms. The molecule has 0 aliphatic rings. The normalized spacial score (nSPS) is 10.0. The van der Waals surface area contributed by atoms with Gasteiger partial charge in [-0.15, -0.1) is 0 Å². The molecule has 1 N–H and O–H groups in total. The zero-order chi connectivity index (χ0) is 16.2. The van der Waals surface area contributed by atoms with Crippen molar-refractivity contribution in [3.8, 4) is 11.8 Å². The van der Waals surface area contributed by atoms with Gasteiger partial charge in [0, 0.05) is 11.6 Å². The summed E-state index contributed by atoms with van der Waals surface area (Å²) in [7, 11) is 0. The van der Waals surface area contributed by atoms with Crippen molar-refractivity contribution in [2.45, 2.75) is 45.4 Å². The minimum Gasteiger partial charge on any atom is -0.493 e. The lowest BCUT2D eigenvalue weighted by Crippen LogP contribution is -2.25. The maximum atomic E-state index is 11.3. The molecule has 4 nitrogen and oxygen atoms in total. The molecule has 1 rings (SSSR count). The predicted octanol–water partition coefficient (Wildman–Crippen LogP) is 3.87. The standard InChI is InChI=1S/C17H23ClN2O2/c1-2-3-4-5-12-22-16-7-6-15(18)13-14(16)9-11-20-17(21)8-10-19/h6-7,13H,2-5,8-9,11-12H2,1H3,(H,20,21). The molecule has 0 radical (unpaired) electrons. The van der Waals surface area contributed by atoms with Gasteiger partial charge in [-0.05, 0) is 36.6 Å². The number of hydrogen-bond donors (Lipinski definition) is 1. The summed E-state index contributed by atoms with van der Waals surface area (Å²) in [6.07, 6.45) is 5.15. The van der Waals surface area contributed by atoms with Crippen molar-refractivity contribution in [2.75, 3.05) is 13.2 Å². The largest absolute Gasteiger partial charge is 0.493 e. The Morgan fingerprint density at radius 2 is 2.18 bits per heavy atom. The summed E-state index contributed by atoms with van der Waals surface area (Å²) in [5.41, 5.74) is 0.972. The molecule has 120 valence electrons. The van der Waals surface area contributed by atoms with Gasteiger partial charge in [-0.3, -0.25) is 4.79 Å². The highest BCUT2D eigenvalue weighted by atomic mass is 35.5. The molecule has 0 spiro atoms. The Hall–Kier alpha value is -1.73. The predicted molar refractivity (Wildman–Crippen MR) is 88.0 cm³/mol. The van der Waals surface area contributed by atoms with Crippen LogP contribution in [0.25, 0.3) is 0 Å². The Labute approximate surface area is 137 Å². The molecular weight excluding hydrogens is 300 g/mol. The smallest absolute Gasteiger partial charge is 0.234 e. The summed E-state index contributed by atoms with van der Waals surface area (Å²) >= 11 is 6.02. The van der Waals surface area contributed by atoms with Gasteiger partial charge in [-0.1, -0.05) is 37.8 Å². The van der Waals surface area contributed by atoms with Crippen molar-refractivity contribution in [1.82, 2.24) is 5.32 Å². The highest BCUT2D eigenvalue weighted by Crippen LogP contribution is 2.23. The van der Waals surface area contributed by atoms with E-state index in [-0.39, 0.29) is 12.3 Å². The van der Waals surface area contributed by atoms with Crippen LogP contribution in [-0.2, 0) is 11.2 Å². The lowest BCUT2D eigenvalue weighted by molar-refractivity contribution is -0.120. The quantitative estimate of drug-likeness (QED) is 0.665. The van der Waals surface area contributed by atoms with Gasteiger partial charge in [0.25, 0.3) is 0 Å². The van der Waals surface area contributed by atoms with Gasteiger partial charge in [0.1, 0.15) is 12.2 Å². The fraction of sp³-hybridized carbons (Fsp3) is 0.529. The van der Waals surface area contributed by atoms with Crippen LogP contribution in [-0.4, -0.2) is 19.1 Å². The molecule has 5 heteroatoms. The number of carbonyl (C=O) groups excluding carboxylic acids is 1. The Morgan fingerprint density at radius 3 is 2.91 bits per heavy atom. The van der Waals surface area contributed by atoms with Gasteiger partial charge < -0.3 is 10.1 Å². The molecule has 0 saturated carbocycles. The molecule has 0 aliphatic carbocycles. The third-order valence-corrected chi connectivity index (χ3v) is 3.47. The first kappa shape index (κ1) is 18.3. The van der Waals surface area contributed by atoms with Crippen molar-refractivity contribution >= 4 is 17.5 Å². The van der Waals surface area contributed by atoms with Gasteiger partial charge in [0.05, 0.1) is 12.7 Å². The number of carbonyl (C=O) groups is 1. The molecule has 0 heterocycles. The molecule has 0 saturated heterocycles. The number of benzene rings is 1. The van der Waals surface area contributed by atoms with E-state index in [1.165, 1.54) is 19.3 Å². The minimum absolute atomic E-state index is 0.115. The molecule has 0 unspecified atom stereocenters. The summed E-state index contributed by atoms with van der Waals surface area (Å²) in [6.45, 7) is 3.33. The summed E-state index contributed by atoms with van der Waals surface area (Å²) in [5, 5.41) is 11.8. The highest BCUT2D eigenvalue weighted by molar-refractivity contribution is 6.30. The van der Waals surface area contributed by atoms with E-state index in [1.807, 2.05) is 18.2 Å². The van der Waals surface area contributed by atoms with Gasteiger partial charge >= 0.3 is 0 Å². The lowest BCUT2D eigenvalue weighted by atomic mass is 10.1. The van der Waals surface area contributed by atoms with E-state index in [1.54, 1.807) is 6.07 Å². The molecule has 0 fully saturated rings. The fourth-order valence-corrected chi connectivity index (χ4v) is 2.26. The molecular formula is C17H23ClN2O2. The first-order valence-corrected chi connectivity index (χ1v) is 8.10. The summed E-state index contributed by atoms with van der Waals surface area (Å²) in [5.74, 6) is 0.557. The maximum absolute atomic E-state index is 11.3. The molecule has 1 aromatic rings. The first-order chi connectivity index (χ1) is 10.7. The summed E-state index contributed by atoms with van der Waals surface area (Å²) < 4.78 is 5.82. The van der Waals surface area contributed by atoms with Crippen LogP contribution in [0.2, 0.25) is 5.02 Å². The van der Waals surface area contributed by atoms with Crippen LogP contribution < -0.4 is 10.1 Å². The SMILES string of the molecule is CCCCCCOc1ccc(Cl)cc1CCNC(=O)CC#N. The number of amides is 1. The van der Waals surface area contributed by atoms with Gasteiger partial charge in [-0.25, -0.2) is 0 Å². The summed E-state index contributed by atoms with van der Waals surface area (Å²) in [6, 6.07) is 7.36. The third kappa shape index (κ3) is 7.33. The maximum Gasteiger partial charge on any atom is 0.234 e. The zero-order valence-corrected chi connectivity index (χ0v) is 13.8. The Bertz CT molecular complexity index is 512. The van der Waals surface area contributed by atoms with E-state index in [4.69, 9.17) is 21.6 Å². The highest BCUT2D eigenvalue weighted by Gasteiger charge is 2.06. The van der Waals surface area contributed by atoms with Crippen molar-refractivity contribution in [3.05, 3.63) is 28.8 Å². The summed E-state index contributed by atoms with van der Waals surface area (Å²) in [4.78, 5) is 11.3. The van der Waals surface area contributed by atoms with Gasteiger partial charge in [0.2, 0.25) is 5.91 Å². The number of halogens is 1. The molecule has 0 aromatic heterocycles. The molecule has 22 heavy (non-hydrogen) atoms. The van der Waals surface area contributed by atoms with Crippen molar-refractivity contribution < 1.29 is 9.53 Å². The number of ether oxygens (including phenoxy) is 1. The average Bonchev–Trinajstić information content (AvgIpc) is 2.49. The van der Waals surface area contributed by atoms with E-state index in [0.29, 0.717) is 24.6 Å². The molecule has 1 aromatic carbocycles. The zero-order valence-electron chi connectivity index (χ0n) is 13.0. The molecule has 0 atom stereocenters. The van der Waals surface area contributed by atoms with E-state index in [0.717, 1.165) is 17.7 Å². The topological polar surface area (TPSA) is 62.1 Å². The number of nitrogens with zero attached hydrogens (tertiary/aromatic N) is 1. The molecule has 0 aliphatic heterocycles. The van der Waals surface area contributed by atoms with Crippen molar-refractivity contribution in [1.29, 1.82) is 5.26 Å². The monoisotopic (exact) mass is 322 g/mol. The fourth-order valence-electron chi connectivity index (χ4n) is 2.07. The first-order valence-electron chi connectivity index (χ1n) is 7.72. The van der Waals surface area contributed by atoms with E-state index < -0.39 is 0 Å². The Balaban J connectivity index is 2.48. The number of unbranched alkanes of at least 4 members (excludes halogenated alkanes) is 3. The van der Waals surface area contributed by atoms with E-state index in [2.05, 4.69) is 12.2 Å². The van der Waals surface area contributed by atoms with Gasteiger partial charge in [-0.2, -0.15) is 5.26 Å². The second-order valence-electron chi connectivity index (χ2n) is 5.10. The minimum atomic E-state index is -0.258. The number of rotatable bonds is 10. The second kappa shape index (κ2) is 10.9. The number of hydrogen-bond acceptors (Lipinski definition) is 3. The van der Waals surface area contributed by atoms with Crippen LogP contribution in [0.3, 0.4) is 0 Å². The van der Waals surface area contributed by atoms with Crippen molar-refractivity contribution in [2.24, 2.45) is 0 Å². The van der Waals surface area contributed by atoms with Crippen LogP contribution in [0.4, 0.5) is 0 Å². The van der Waals surface area contributed by atoms with Crippen LogP contribution in [0, 0.1) is 11.3 Å². The lowest BCUT2D eigenvalue weighted by Gasteiger charge is -2.12. The van der Waals surface area contributed by atoms with E-state index in [9.17, 15) is 4.79 Å². The van der Waals surface area contributed by atoms with Gasteiger partial charge in [0.15, 0.2) is 0 Å². The molecule has 1 amide bonds. The number of nitriles is 1. The van der Waals surface area contributed by atoms with Crippen LogP contribution in [0.1, 0.15) is 44.6 Å².